The van der Waals surface area contributed by atoms with Gasteiger partial charge < -0.3 is 15.1 Å². The van der Waals surface area contributed by atoms with Crippen LogP contribution in [-0.2, 0) is 4.79 Å². The molecule has 3 heterocycles. The average Bonchev–Trinajstić information content (AvgIpc) is 2.96. The molecule has 1 saturated heterocycles. The number of rotatable bonds is 6. The minimum Gasteiger partial charge on any atom is -0.362 e. The Kier molecular flexibility index (Phi) is 10.0. The number of para-hydroxylation sites is 1. The smallest absolute Gasteiger partial charge is 0.227 e. The second-order valence-corrected chi connectivity index (χ2v) is 11.1. The number of nitrogens with one attached hydrogen (secondary N) is 1. The van der Waals surface area contributed by atoms with Crippen LogP contribution in [0.4, 0.5) is 26.5 Å². The highest BCUT2D eigenvalue weighted by atomic mass is 19.4. The van der Waals surface area contributed by atoms with E-state index in [4.69, 9.17) is 0 Å². The van der Waals surface area contributed by atoms with Gasteiger partial charge in [0.25, 0.3) is 0 Å². The van der Waals surface area contributed by atoms with Gasteiger partial charge in [-0.25, -0.2) is 15.0 Å². The maximum atomic E-state index is 12.6. The van der Waals surface area contributed by atoms with Crippen LogP contribution in [0.1, 0.15) is 51.3 Å². The van der Waals surface area contributed by atoms with Crippen LogP contribution in [0.15, 0.2) is 36.5 Å². The van der Waals surface area contributed by atoms with Crippen molar-refractivity contribution >= 4 is 34.4 Å². The minimum atomic E-state index is -1.02. The number of fused-ring (bicyclic) bond motifs is 1. The number of anilines is 3. The minimum absolute atomic E-state index is 0.0178. The van der Waals surface area contributed by atoms with Crippen LogP contribution in [0.2, 0.25) is 0 Å². The molecule has 1 saturated carbocycles. The quantitative estimate of drug-likeness (QED) is 0.415. The molecule has 11 heteroatoms. The maximum absolute atomic E-state index is 12.6. The van der Waals surface area contributed by atoms with Gasteiger partial charge in [-0.15, -0.1) is 0 Å². The third kappa shape index (κ3) is 7.73. The van der Waals surface area contributed by atoms with E-state index in [0.717, 1.165) is 41.1 Å². The van der Waals surface area contributed by atoms with Gasteiger partial charge >= 0.3 is 0 Å². The van der Waals surface area contributed by atoms with Crippen molar-refractivity contribution in [3.63, 3.8) is 0 Å². The summed E-state index contributed by atoms with van der Waals surface area (Å²) in [5.41, 5.74) is 1.00. The topological polar surface area (TPSA) is 90.4 Å². The zero-order valence-electron chi connectivity index (χ0n) is 23.9. The standard InChI is InChI=1S/C18H27F2N5O.C11H13N3/c1-13-2-4-14(5-3-13)12-22-17(26)15-7-10-24(11-8-15)18-21-9-6-16(23-18)25(19)20;1-8-12-10-7-5-4-6-9(10)11(13-8)14(2)3/h6,9,13-15H,2-5,7-8,10-12H2,1H3,(H,22,26);4-7H,1-3H3. The highest BCUT2D eigenvalue weighted by Crippen LogP contribution is 2.28. The van der Waals surface area contributed by atoms with Crippen molar-refractivity contribution in [2.75, 3.05) is 48.9 Å². The number of hydrogen-bond donors (Lipinski definition) is 1. The summed E-state index contributed by atoms with van der Waals surface area (Å²) >= 11 is 0. The van der Waals surface area contributed by atoms with E-state index in [1.165, 1.54) is 31.9 Å². The Morgan fingerprint density at radius 1 is 1.00 bits per heavy atom. The molecule has 1 amide bonds. The molecule has 0 bridgehead atoms. The molecule has 2 aromatic heterocycles. The fourth-order valence-electron chi connectivity index (χ4n) is 5.36. The third-order valence-corrected chi connectivity index (χ3v) is 7.77. The van der Waals surface area contributed by atoms with E-state index in [1.54, 1.807) is 0 Å². The van der Waals surface area contributed by atoms with Crippen LogP contribution >= 0.6 is 0 Å². The van der Waals surface area contributed by atoms with Gasteiger partial charge in [0.15, 0.2) is 5.82 Å². The van der Waals surface area contributed by atoms with Gasteiger partial charge in [0.05, 0.1) is 5.52 Å². The summed E-state index contributed by atoms with van der Waals surface area (Å²) in [4.78, 5) is 33.0. The Morgan fingerprint density at radius 2 is 1.70 bits per heavy atom. The van der Waals surface area contributed by atoms with Crippen molar-refractivity contribution in [3.05, 3.63) is 42.4 Å². The summed E-state index contributed by atoms with van der Waals surface area (Å²) in [6.07, 6.45) is 7.63. The molecular formula is C29H40F2N8O. The van der Waals surface area contributed by atoms with Crippen molar-refractivity contribution in [3.8, 4) is 0 Å². The van der Waals surface area contributed by atoms with Crippen LogP contribution in [0.5, 0.6) is 0 Å². The van der Waals surface area contributed by atoms with Crippen LogP contribution in [-0.4, -0.2) is 59.6 Å². The van der Waals surface area contributed by atoms with Crippen molar-refractivity contribution in [1.29, 1.82) is 0 Å². The first-order valence-corrected chi connectivity index (χ1v) is 14.1. The Morgan fingerprint density at radius 3 is 2.38 bits per heavy atom. The molecule has 2 aliphatic rings. The highest BCUT2D eigenvalue weighted by molar-refractivity contribution is 5.89. The van der Waals surface area contributed by atoms with E-state index in [9.17, 15) is 13.8 Å². The fourth-order valence-corrected chi connectivity index (χ4v) is 5.36. The zero-order chi connectivity index (χ0) is 28.6. The van der Waals surface area contributed by atoms with Crippen molar-refractivity contribution in [2.24, 2.45) is 17.8 Å². The second kappa shape index (κ2) is 13.6. The van der Waals surface area contributed by atoms with Gasteiger partial charge in [0.1, 0.15) is 11.6 Å². The Labute approximate surface area is 234 Å². The average molecular weight is 555 g/mol. The lowest BCUT2D eigenvalue weighted by Gasteiger charge is -2.32. The van der Waals surface area contributed by atoms with E-state index < -0.39 is 11.2 Å². The molecule has 1 aliphatic heterocycles. The highest BCUT2D eigenvalue weighted by Gasteiger charge is 2.27. The molecule has 40 heavy (non-hydrogen) atoms. The number of aryl methyl sites for hydroxylation is 1. The monoisotopic (exact) mass is 554 g/mol. The van der Waals surface area contributed by atoms with Crippen LogP contribution in [0.3, 0.4) is 0 Å². The Bertz CT molecular complexity index is 1260. The molecule has 216 valence electrons. The first-order chi connectivity index (χ1) is 19.2. The molecule has 0 atom stereocenters. The van der Waals surface area contributed by atoms with Crippen molar-refractivity contribution in [2.45, 2.75) is 52.4 Å². The van der Waals surface area contributed by atoms with E-state index in [-0.39, 0.29) is 17.8 Å². The number of nitrogens with zero attached hydrogens (tertiary/aromatic N) is 7. The lowest BCUT2D eigenvalue weighted by molar-refractivity contribution is -0.125. The van der Waals surface area contributed by atoms with Crippen LogP contribution < -0.4 is 20.5 Å². The summed E-state index contributed by atoms with van der Waals surface area (Å²) in [6.45, 7) is 6.18. The molecule has 5 rings (SSSR count). The third-order valence-electron chi connectivity index (χ3n) is 7.77. The van der Waals surface area contributed by atoms with E-state index in [0.29, 0.717) is 31.8 Å². The molecule has 1 N–H and O–H groups in total. The summed E-state index contributed by atoms with van der Waals surface area (Å²) in [5, 5.41) is 3.20. The molecule has 9 nitrogen and oxygen atoms in total. The lowest BCUT2D eigenvalue weighted by atomic mass is 9.83. The first-order valence-electron chi connectivity index (χ1n) is 14.1. The Hall–Kier alpha value is -3.63. The molecular weight excluding hydrogens is 514 g/mol. The predicted molar refractivity (Wildman–Crippen MR) is 154 cm³/mol. The number of benzene rings is 1. The number of halogens is 2. The molecule has 1 aromatic carbocycles. The fraction of sp³-hybridized carbons (Fsp3) is 0.552. The number of amides is 1. The number of carbonyl (C=O) groups is 1. The van der Waals surface area contributed by atoms with Gasteiger partial charge in [0, 0.05) is 57.3 Å². The number of carbonyl (C=O) groups excluding carboxylic acids is 1. The maximum Gasteiger partial charge on any atom is 0.227 e. The Balaban J connectivity index is 0.000000222. The van der Waals surface area contributed by atoms with Crippen LogP contribution in [0.25, 0.3) is 10.9 Å². The van der Waals surface area contributed by atoms with Gasteiger partial charge in [0.2, 0.25) is 11.9 Å². The molecule has 1 aliphatic carbocycles. The van der Waals surface area contributed by atoms with Gasteiger partial charge in [-0.1, -0.05) is 40.9 Å². The van der Waals surface area contributed by atoms with Gasteiger partial charge in [-0.3, -0.25) is 4.79 Å². The predicted octanol–water partition coefficient (Wildman–Crippen LogP) is 5.22. The number of piperidine rings is 1. The van der Waals surface area contributed by atoms with Gasteiger partial charge in [-0.05, 0) is 61.9 Å². The molecule has 0 spiro atoms. The molecule has 0 radical (unpaired) electrons. The number of aromatic nitrogens is 4. The van der Waals surface area contributed by atoms with E-state index in [2.05, 4.69) is 32.2 Å². The summed E-state index contributed by atoms with van der Waals surface area (Å²) in [5.74, 6) is 3.19. The normalized spacial score (nSPS) is 19.5. The SMILES string of the molecule is CC1CCC(CNC(=O)C2CCN(c3nccc(N(F)F)n3)CC2)CC1.Cc1nc(N(C)C)c2ccccc2n1. The first kappa shape index (κ1) is 29.4. The van der Waals surface area contributed by atoms with Crippen molar-refractivity contribution < 1.29 is 13.8 Å². The molecule has 3 aromatic rings. The van der Waals surface area contributed by atoms with E-state index >= 15 is 0 Å². The van der Waals surface area contributed by atoms with Crippen LogP contribution in [0, 0.1) is 24.7 Å². The largest absolute Gasteiger partial charge is 0.362 e. The second-order valence-electron chi connectivity index (χ2n) is 11.1. The summed E-state index contributed by atoms with van der Waals surface area (Å²) in [7, 11) is 3.99. The zero-order valence-corrected chi connectivity index (χ0v) is 23.9. The molecule has 0 unspecified atom stereocenters. The lowest BCUT2D eigenvalue weighted by Crippen LogP contribution is -2.42. The summed E-state index contributed by atoms with van der Waals surface area (Å²) < 4.78 is 25.2. The summed E-state index contributed by atoms with van der Waals surface area (Å²) in [6, 6.07) is 9.22. The van der Waals surface area contributed by atoms with Gasteiger partial charge in [-0.2, -0.15) is 4.98 Å². The molecule has 2 fully saturated rings. The van der Waals surface area contributed by atoms with E-state index in [1.807, 2.05) is 55.1 Å². The van der Waals surface area contributed by atoms with Crippen molar-refractivity contribution in [1.82, 2.24) is 25.3 Å². The number of hydrogen-bond acceptors (Lipinski definition) is 8.